The van der Waals surface area contributed by atoms with Crippen molar-refractivity contribution < 1.29 is 14.3 Å². The molecular formula is C20H23ClN6O3S. The summed E-state index contributed by atoms with van der Waals surface area (Å²) in [6.07, 6.45) is 2.92. The van der Waals surface area contributed by atoms with Crippen LogP contribution < -0.4 is 10.2 Å². The number of halogens is 1. The second kappa shape index (κ2) is 9.71. The SMILES string of the molecule is CCOC(=O)c1cnc(NCC(C)c2cc3nc(Cl)nc(N4CCOCC4)c3s2)nc1. The zero-order chi connectivity index (χ0) is 21.8. The highest BCUT2D eigenvalue weighted by atomic mass is 35.5. The third-order valence-corrected chi connectivity index (χ3v) is 6.39. The van der Waals surface area contributed by atoms with Crippen LogP contribution in [-0.4, -0.2) is 65.4 Å². The predicted octanol–water partition coefficient (Wildman–Crippen LogP) is 3.36. The first-order chi connectivity index (χ1) is 15.0. The van der Waals surface area contributed by atoms with Crippen molar-refractivity contribution >= 4 is 50.9 Å². The van der Waals surface area contributed by atoms with Crippen molar-refractivity contribution in [1.82, 2.24) is 19.9 Å². The molecule has 9 nitrogen and oxygen atoms in total. The Morgan fingerprint density at radius 1 is 1.32 bits per heavy atom. The van der Waals surface area contributed by atoms with E-state index in [1.165, 1.54) is 12.4 Å². The second-order valence-electron chi connectivity index (χ2n) is 7.08. The lowest BCUT2D eigenvalue weighted by molar-refractivity contribution is 0.0525. The molecule has 1 saturated heterocycles. The molecule has 1 aliphatic heterocycles. The Bertz CT molecular complexity index is 1050. The molecule has 0 spiro atoms. The minimum atomic E-state index is -0.427. The van der Waals surface area contributed by atoms with Gasteiger partial charge < -0.3 is 19.7 Å². The predicted molar refractivity (Wildman–Crippen MR) is 120 cm³/mol. The highest BCUT2D eigenvalue weighted by molar-refractivity contribution is 7.19. The topological polar surface area (TPSA) is 102 Å². The van der Waals surface area contributed by atoms with Crippen molar-refractivity contribution in [3.8, 4) is 0 Å². The van der Waals surface area contributed by atoms with Gasteiger partial charge in [0.15, 0.2) is 5.82 Å². The molecule has 3 aromatic rings. The van der Waals surface area contributed by atoms with Gasteiger partial charge in [-0.25, -0.2) is 19.7 Å². The molecule has 0 aliphatic carbocycles. The van der Waals surface area contributed by atoms with E-state index in [4.69, 9.17) is 21.1 Å². The number of fused-ring (bicyclic) bond motifs is 1. The average Bonchev–Trinajstić information content (AvgIpc) is 3.22. The number of thiophene rings is 1. The number of nitrogens with one attached hydrogen (secondary N) is 1. The van der Waals surface area contributed by atoms with Gasteiger partial charge in [-0.2, -0.15) is 4.98 Å². The van der Waals surface area contributed by atoms with Gasteiger partial charge in [0.2, 0.25) is 11.2 Å². The third-order valence-electron chi connectivity index (χ3n) is 4.87. The quantitative estimate of drug-likeness (QED) is 0.418. The van der Waals surface area contributed by atoms with Gasteiger partial charge in [-0.1, -0.05) is 6.92 Å². The smallest absolute Gasteiger partial charge is 0.341 e. The van der Waals surface area contributed by atoms with Gasteiger partial charge in [-0.3, -0.25) is 0 Å². The van der Waals surface area contributed by atoms with Crippen LogP contribution in [0.5, 0.6) is 0 Å². The molecule has 3 aromatic heterocycles. The molecule has 4 heterocycles. The molecule has 4 rings (SSSR count). The molecule has 11 heteroatoms. The van der Waals surface area contributed by atoms with E-state index >= 15 is 0 Å². The van der Waals surface area contributed by atoms with Crippen LogP contribution in [0.1, 0.15) is 35.0 Å². The van der Waals surface area contributed by atoms with E-state index in [2.05, 4.69) is 43.1 Å². The molecular weight excluding hydrogens is 440 g/mol. The Labute approximate surface area is 188 Å². The number of anilines is 2. The maximum atomic E-state index is 11.7. The van der Waals surface area contributed by atoms with Crippen molar-refractivity contribution in [2.75, 3.05) is 49.7 Å². The second-order valence-corrected chi connectivity index (χ2v) is 8.50. The van der Waals surface area contributed by atoms with Gasteiger partial charge in [0.05, 0.1) is 35.6 Å². The van der Waals surface area contributed by atoms with Crippen molar-refractivity contribution in [2.45, 2.75) is 19.8 Å². The van der Waals surface area contributed by atoms with E-state index in [0.717, 1.165) is 34.0 Å². The van der Waals surface area contributed by atoms with E-state index in [0.29, 0.717) is 37.9 Å². The molecule has 1 aliphatic rings. The van der Waals surface area contributed by atoms with Crippen LogP contribution in [0.4, 0.5) is 11.8 Å². The summed E-state index contributed by atoms with van der Waals surface area (Å²) in [5, 5.41) is 3.47. The number of esters is 1. The summed E-state index contributed by atoms with van der Waals surface area (Å²) in [7, 11) is 0. The number of morpholine rings is 1. The standard InChI is InChI=1S/C20H23ClN6O3S/c1-3-30-18(28)13-10-23-20(24-11-13)22-9-12(2)15-8-14-16(31-15)17(26-19(21)25-14)27-4-6-29-7-5-27/h8,10-12H,3-7,9H2,1-2H3,(H,22,23,24). The van der Waals surface area contributed by atoms with Crippen molar-refractivity contribution in [3.63, 3.8) is 0 Å². The summed E-state index contributed by atoms with van der Waals surface area (Å²) in [6.45, 7) is 7.74. The molecule has 31 heavy (non-hydrogen) atoms. The van der Waals surface area contributed by atoms with Crippen LogP contribution in [-0.2, 0) is 9.47 Å². The molecule has 1 N–H and O–H groups in total. The normalized spacial score (nSPS) is 15.1. The molecule has 0 amide bonds. The summed E-state index contributed by atoms with van der Waals surface area (Å²) in [4.78, 5) is 32.4. The fourth-order valence-corrected chi connectivity index (χ4v) is 4.56. The molecule has 1 fully saturated rings. The number of carbonyl (C=O) groups is 1. The van der Waals surface area contributed by atoms with Crippen LogP contribution >= 0.6 is 22.9 Å². The summed E-state index contributed by atoms with van der Waals surface area (Å²) < 4.78 is 11.4. The monoisotopic (exact) mass is 462 g/mol. The first-order valence-electron chi connectivity index (χ1n) is 10.1. The summed E-state index contributed by atoms with van der Waals surface area (Å²) in [5.41, 5.74) is 1.18. The van der Waals surface area contributed by atoms with Crippen LogP contribution in [0.15, 0.2) is 18.5 Å². The molecule has 1 atom stereocenters. The third kappa shape index (κ3) is 5.03. The average molecular weight is 463 g/mol. The minimum absolute atomic E-state index is 0.184. The highest BCUT2D eigenvalue weighted by Gasteiger charge is 2.20. The van der Waals surface area contributed by atoms with Gasteiger partial charge in [0, 0.05) is 42.8 Å². The Morgan fingerprint density at radius 3 is 2.77 bits per heavy atom. The lowest BCUT2D eigenvalue weighted by atomic mass is 10.1. The van der Waals surface area contributed by atoms with E-state index in [-0.39, 0.29) is 11.2 Å². The highest BCUT2D eigenvalue weighted by Crippen LogP contribution is 2.36. The van der Waals surface area contributed by atoms with Gasteiger partial charge in [0.1, 0.15) is 0 Å². The number of hydrogen-bond donors (Lipinski definition) is 1. The van der Waals surface area contributed by atoms with Gasteiger partial charge >= 0.3 is 5.97 Å². The Morgan fingerprint density at radius 2 is 2.06 bits per heavy atom. The minimum Gasteiger partial charge on any atom is -0.462 e. The number of nitrogens with zero attached hydrogens (tertiary/aromatic N) is 5. The number of hydrogen-bond acceptors (Lipinski definition) is 10. The summed E-state index contributed by atoms with van der Waals surface area (Å²) in [6, 6.07) is 2.06. The Hall–Kier alpha value is -2.56. The molecule has 0 radical (unpaired) electrons. The number of rotatable bonds is 7. The van der Waals surface area contributed by atoms with Crippen LogP contribution in [0, 0.1) is 0 Å². The number of carbonyl (C=O) groups excluding carboxylic acids is 1. The van der Waals surface area contributed by atoms with Crippen molar-refractivity contribution in [2.24, 2.45) is 0 Å². The zero-order valence-corrected chi connectivity index (χ0v) is 18.9. The van der Waals surface area contributed by atoms with E-state index in [1.807, 2.05) is 0 Å². The van der Waals surface area contributed by atoms with E-state index in [9.17, 15) is 4.79 Å². The lowest BCUT2D eigenvalue weighted by Crippen LogP contribution is -2.36. The van der Waals surface area contributed by atoms with E-state index in [1.54, 1.807) is 18.3 Å². The number of aromatic nitrogens is 4. The van der Waals surface area contributed by atoms with Gasteiger partial charge in [0.25, 0.3) is 0 Å². The van der Waals surface area contributed by atoms with Crippen LogP contribution in [0.2, 0.25) is 5.28 Å². The summed E-state index contributed by atoms with van der Waals surface area (Å²) in [5.74, 6) is 1.08. The fourth-order valence-electron chi connectivity index (χ4n) is 3.22. The van der Waals surface area contributed by atoms with Crippen LogP contribution in [0.3, 0.4) is 0 Å². The first-order valence-corrected chi connectivity index (χ1v) is 11.3. The molecule has 0 bridgehead atoms. The zero-order valence-electron chi connectivity index (χ0n) is 17.3. The molecule has 0 saturated carbocycles. The molecule has 1 unspecified atom stereocenters. The van der Waals surface area contributed by atoms with E-state index < -0.39 is 5.97 Å². The molecule has 164 valence electrons. The Balaban J connectivity index is 1.46. The maximum Gasteiger partial charge on any atom is 0.341 e. The van der Waals surface area contributed by atoms with Gasteiger partial charge in [-0.05, 0) is 24.6 Å². The fraction of sp³-hybridized carbons (Fsp3) is 0.450. The number of ether oxygens (including phenoxy) is 2. The van der Waals surface area contributed by atoms with Crippen molar-refractivity contribution in [1.29, 1.82) is 0 Å². The lowest BCUT2D eigenvalue weighted by Gasteiger charge is -2.28. The Kier molecular flexibility index (Phi) is 6.79. The summed E-state index contributed by atoms with van der Waals surface area (Å²) >= 11 is 7.86. The molecule has 0 aromatic carbocycles. The van der Waals surface area contributed by atoms with Crippen LogP contribution in [0.25, 0.3) is 10.2 Å². The first kappa shape index (κ1) is 21.7. The largest absolute Gasteiger partial charge is 0.462 e. The van der Waals surface area contributed by atoms with Gasteiger partial charge in [-0.15, -0.1) is 11.3 Å². The maximum absolute atomic E-state index is 11.7. The van der Waals surface area contributed by atoms with Crippen molar-refractivity contribution in [3.05, 3.63) is 34.2 Å².